The summed E-state index contributed by atoms with van der Waals surface area (Å²) in [6.07, 6.45) is 8.42. The minimum absolute atomic E-state index is 0.0760. The number of hydrogen-bond donors (Lipinski definition) is 2. The Balaban J connectivity index is 1.29. The van der Waals surface area contributed by atoms with Crippen LogP contribution in [-0.4, -0.2) is 38.4 Å². The highest BCUT2D eigenvalue weighted by Gasteiger charge is 2.25. The normalized spacial score (nSPS) is 16.5. The standard InChI is InChI=1S/C23H25N5O2S/c29-21(27-20-11-12-24-28(20)16-5-1-2-6-16)14-31-22-13-18(23(30)25-15-9-10-15)17-7-3-4-8-19(17)26-22/h3-4,7-8,11-13,15-16H,1-2,5-6,9-10,14H2,(H,25,30)(H,27,29). The highest BCUT2D eigenvalue weighted by atomic mass is 32.2. The van der Waals surface area contributed by atoms with Crippen LogP contribution in [-0.2, 0) is 4.79 Å². The number of rotatable bonds is 7. The first kappa shape index (κ1) is 20.1. The van der Waals surface area contributed by atoms with Crippen LogP contribution in [0.2, 0.25) is 0 Å². The predicted molar refractivity (Wildman–Crippen MR) is 121 cm³/mol. The van der Waals surface area contributed by atoms with Crippen molar-refractivity contribution in [2.45, 2.75) is 55.6 Å². The minimum Gasteiger partial charge on any atom is -0.349 e. The molecule has 0 radical (unpaired) electrons. The topological polar surface area (TPSA) is 88.9 Å². The zero-order chi connectivity index (χ0) is 21.2. The summed E-state index contributed by atoms with van der Waals surface area (Å²) in [4.78, 5) is 30.0. The summed E-state index contributed by atoms with van der Waals surface area (Å²) in [5.41, 5.74) is 1.37. The van der Waals surface area contributed by atoms with E-state index in [-0.39, 0.29) is 23.6 Å². The second-order valence-electron chi connectivity index (χ2n) is 8.21. The van der Waals surface area contributed by atoms with Crippen molar-refractivity contribution in [2.75, 3.05) is 11.1 Å². The third-order valence-electron chi connectivity index (χ3n) is 5.81. The van der Waals surface area contributed by atoms with Crippen molar-refractivity contribution in [3.05, 3.63) is 48.2 Å². The molecule has 0 bridgehead atoms. The van der Waals surface area contributed by atoms with Gasteiger partial charge < -0.3 is 10.6 Å². The molecule has 2 aliphatic rings. The molecule has 160 valence electrons. The molecule has 8 heteroatoms. The van der Waals surface area contributed by atoms with Gasteiger partial charge in [0.1, 0.15) is 5.82 Å². The Kier molecular flexibility index (Phi) is 5.63. The number of amides is 2. The van der Waals surface area contributed by atoms with E-state index in [4.69, 9.17) is 0 Å². The molecule has 2 aliphatic carbocycles. The Bertz CT molecular complexity index is 1120. The van der Waals surface area contributed by atoms with Gasteiger partial charge in [0.25, 0.3) is 5.91 Å². The summed E-state index contributed by atoms with van der Waals surface area (Å²) >= 11 is 1.34. The number of nitrogens with zero attached hydrogens (tertiary/aromatic N) is 3. The van der Waals surface area contributed by atoms with Crippen molar-refractivity contribution in [3.63, 3.8) is 0 Å². The fourth-order valence-corrected chi connectivity index (χ4v) is 4.79. The van der Waals surface area contributed by atoms with Crippen LogP contribution in [0.15, 0.2) is 47.6 Å². The van der Waals surface area contributed by atoms with Gasteiger partial charge in [0, 0.05) is 17.5 Å². The highest BCUT2D eigenvalue weighted by molar-refractivity contribution is 7.99. The molecule has 0 aliphatic heterocycles. The largest absolute Gasteiger partial charge is 0.349 e. The predicted octanol–water partition coefficient (Wildman–Crippen LogP) is 4.17. The van der Waals surface area contributed by atoms with Crippen molar-refractivity contribution in [3.8, 4) is 0 Å². The number of thioether (sulfide) groups is 1. The molecule has 0 saturated heterocycles. The van der Waals surface area contributed by atoms with Gasteiger partial charge in [-0.2, -0.15) is 5.10 Å². The zero-order valence-electron chi connectivity index (χ0n) is 17.2. The Morgan fingerprint density at radius 3 is 2.71 bits per heavy atom. The number of benzene rings is 1. The van der Waals surface area contributed by atoms with Crippen LogP contribution in [0.4, 0.5) is 5.82 Å². The van der Waals surface area contributed by atoms with Crippen LogP contribution in [0.5, 0.6) is 0 Å². The lowest BCUT2D eigenvalue weighted by Gasteiger charge is -2.14. The first-order chi connectivity index (χ1) is 15.2. The lowest BCUT2D eigenvalue weighted by molar-refractivity contribution is -0.113. The van der Waals surface area contributed by atoms with E-state index in [0.29, 0.717) is 16.6 Å². The van der Waals surface area contributed by atoms with E-state index in [1.165, 1.54) is 24.6 Å². The summed E-state index contributed by atoms with van der Waals surface area (Å²) in [6, 6.07) is 11.9. The fourth-order valence-electron chi connectivity index (χ4n) is 4.08. The van der Waals surface area contributed by atoms with Crippen LogP contribution in [0, 0.1) is 0 Å². The van der Waals surface area contributed by atoms with Crippen LogP contribution in [0.25, 0.3) is 10.9 Å². The van der Waals surface area contributed by atoms with E-state index in [1.54, 1.807) is 12.3 Å². The number of para-hydroxylation sites is 1. The van der Waals surface area contributed by atoms with Gasteiger partial charge in [-0.1, -0.05) is 42.8 Å². The fraction of sp³-hybridized carbons (Fsp3) is 0.391. The lowest BCUT2D eigenvalue weighted by Crippen LogP contribution is -2.25. The minimum atomic E-state index is -0.108. The molecule has 2 saturated carbocycles. The number of carbonyl (C=O) groups excluding carboxylic acids is 2. The van der Waals surface area contributed by atoms with Crippen molar-refractivity contribution >= 4 is 40.3 Å². The molecular formula is C23H25N5O2S. The number of hydrogen-bond acceptors (Lipinski definition) is 5. The number of nitrogens with one attached hydrogen (secondary N) is 2. The highest BCUT2D eigenvalue weighted by Crippen LogP contribution is 2.31. The Labute approximate surface area is 185 Å². The second kappa shape index (κ2) is 8.70. The first-order valence-corrected chi connectivity index (χ1v) is 11.8. The third-order valence-corrected chi connectivity index (χ3v) is 6.72. The SMILES string of the molecule is O=C(CSc1cc(C(=O)NC2CC2)c2ccccc2n1)Nc1ccnn1C1CCCC1. The van der Waals surface area contributed by atoms with Gasteiger partial charge in [0.05, 0.1) is 34.1 Å². The van der Waals surface area contributed by atoms with E-state index in [1.807, 2.05) is 35.0 Å². The van der Waals surface area contributed by atoms with Gasteiger partial charge in [-0.25, -0.2) is 9.67 Å². The Morgan fingerprint density at radius 1 is 1.10 bits per heavy atom. The van der Waals surface area contributed by atoms with Crippen LogP contribution >= 0.6 is 11.8 Å². The van der Waals surface area contributed by atoms with E-state index >= 15 is 0 Å². The smallest absolute Gasteiger partial charge is 0.252 e. The van der Waals surface area contributed by atoms with E-state index in [9.17, 15) is 9.59 Å². The lowest BCUT2D eigenvalue weighted by atomic mass is 10.1. The molecule has 31 heavy (non-hydrogen) atoms. The summed E-state index contributed by atoms with van der Waals surface area (Å²) in [5, 5.41) is 11.9. The van der Waals surface area contributed by atoms with Gasteiger partial charge in [0.2, 0.25) is 5.91 Å². The average Bonchev–Trinajstić information content (AvgIpc) is 3.23. The van der Waals surface area contributed by atoms with Crippen LogP contribution < -0.4 is 10.6 Å². The molecule has 5 rings (SSSR count). The maximum atomic E-state index is 12.7. The van der Waals surface area contributed by atoms with E-state index in [2.05, 4.69) is 20.7 Å². The molecule has 2 N–H and O–H groups in total. The van der Waals surface area contributed by atoms with Crippen molar-refractivity contribution in [1.29, 1.82) is 0 Å². The number of carbonyl (C=O) groups is 2. The third kappa shape index (κ3) is 4.58. The molecule has 2 amide bonds. The van der Waals surface area contributed by atoms with Gasteiger partial charge in [0.15, 0.2) is 0 Å². The molecule has 0 atom stereocenters. The maximum Gasteiger partial charge on any atom is 0.252 e. The summed E-state index contributed by atoms with van der Waals surface area (Å²) < 4.78 is 1.93. The second-order valence-corrected chi connectivity index (χ2v) is 9.20. The molecule has 3 aromatic rings. The van der Waals surface area contributed by atoms with Crippen LogP contribution in [0.1, 0.15) is 54.9 Å². The van der Waals surface area contributed by atoms with Gasteiger partial charge in [-0.15, -0.1) is 0 Å². The number of fused-ring (bicyclic) bond motifs is 1. The number of pyridine rings is 1. The number of aromatic nitrogens is 3. The monoisotopic (exact) mass is 435 g/mol. The molecule has 2 heterocycles. The van der Waals surface area contributed by atoms with Crippen molar-refractivity contribution < 1.29 is 9.59 Å². The van der Waals surface area contributed by atoms with E-state index < -0.39 is 0 Å². The summed E-state index contributed by atoms with van der Waals surface area (Å²) in [6.45, 7) is 0. The van der Waals surface area contributed by atoms with Crippen LogP contribution in [0.3, 0.4) is 0 Å². The Morgan fingerprint density at radius 2 is 1.90 bits per heavy atom. The van der Waals surface area contributed by atoms with Gasteiger partial charge >= 0.3 is 0 Å². The van der Waals surface area contributed by atoms with E-state index in [0.717, 1.165) is 42.4 Å². The quantitative estimate of drug-likeness (QED) is 0.544. The summed E-state index contributed by atoms with van der Waals surface area (Å²) in [7, 11) is 0. The van der Waals surface area contributed by atoms with Gasteiger partial charge in [-0.05, 0) is 37.8 Å². The molecule has 2 aromatic heterocycles. The molecule has 7 nitrogen and oxygen atoms in total. The zero-order valence-corrected chi connectivity index (χ0v) is 18.0. The van der Waals surface area contributed by atoms with Gasteiger partial charge in [-0.3, -0.25) is 9.59 Å². The number of anilines is 1. The molecule has 0 spiro atoms. The van der Waals surface area contributed by atoms with Crippen molar-refractivity contribution in [1.82, 2.24) is 20.1 Å². The molecule has 1 aromatic carbocycles. The molecular weight excluding hydrogens is 410 g/mol. The van der Waals surface area contributed by atoms with Crippen molar-refractivity contribution in [2.24, 2.45) is 0 Å². The Hall–Kier alpha value is -2.87. The summed E-state index contributed by atoms with van der Waals surface area (Å²) in [5.74, 6) is 0.773. The molecule has 0 unspecified atom stereocenters. The average molecular weight is 436 g/mol. The molecule has 2 fully saturated rings. The first-order valence-electron chi connectivity index (χ1n) is 10.8. The maximum absolute atomic E-state index is 12.7.